The number of aromatic nitrogens is 1. The van der Waals surface area contributed by atoms with Gasteiger partial charge in [0, 0.05) is 12.1 Å². The Morgan fingerprint density at radius 1 is 1.63 bits per heavy atom. The topological polar surface area (TPSA) is 105 Å². The van der Waals surface area contributed by atoms with Gasteiger partial charge in [-0.05, 0) is 35.7 Å². The molecule has 0 amide bonds. The fraction of sp³-hybridized carbons (Fsp3) is 0.500. The summed E-state index contributed by atoms with van der Waals surface area (Å²) in [4.78, 5) is 25.0. The van der Waals surface area contributed by atoms with Crippen molar-refractivity contribution < 1.29 is 14.8 Å². The molecule has 1 aromatic rings. The van der Waals surface area contributed by atoms with E-state index in [-0.39, 0.29) is 11.9 Å². The maximum Gasteiger partial charge on any atom is 0.363 e. The monoisotopic (exact) mass is 265 g/mol. The van der Waals surface area contributed by atoms with Gasteiger partial charge in [0.2, 0.25) is 0 Å². The summed E-state index contributed by atoms with van der Waals surface area (Å²) in [6.07, 6.45) is 3.60. The quantitative estimate of drug-likeness (QED) is 0.637. The highest BCUT2D eigenvalue weighted by atomic mass is 16.6. The molecule has 0 spiro atoms. The summed E-state index contributed by atoms with van der Waals surface area (Å²) < 4.78 is 0. The average molecular weight is 265 g/mol. The first kappa shape index (κ1) is 13.3. The summed E-state index contributed by atoms with van der Waals surface area (Å²) >= 11 is 0. The van der Waals surface area contributed by atoms with Crippen molar-refractivity contribution in [2.24, 2.45) is 5.41 Å². The second-order valence-electron chi connectivity index (χ2n) is 4.97. The molecule has 2 atom stereocenters. The van der Waals surface area contributed by atoms with Crippen LogP contribution in [0.3, 0.4) is 0 Å². The summed E-state index contributed by atoms with van der Waals surface area (Å²) in [6.45, 7) is 1.72. The number of hydrogen-bond acceptors (Lipinski definition) is 5. The summed E-state index contributed by atoms with van der Waals surface area (Å²) in [6, 6.07) is 2.66. The third-order valence-corrected chi connectivity index (χ3v) is 3.72. The Morgan fingerprint density at radius 3 is 2.89 bits per heavy atom. The predicted octanol–water partition coefficient (Wildman–Crippen LogP) is 2.05. The Labute approximate surface area is 109 Å². The Morgan fingerprint density at radius 2 is 2.37 bits per heavy atom. The zero-order chi connectivity index (χ0) is 14.0. The average Bonchev–Trinajstić information content (AvgIpc) is 2.73. The SMILES string of the molecule is CC1(C(=O)O)CCCC1Nc1ccc([N+](=O)[O-])nc1. The molecule has 0 radical (unpaired) electrons. The van der Waals surface area contributed by atoms with Gasteiger partial charge in [-0.3, -0.25) is 4.79 Å². The first-order valence-electron chi connectivity index (χ1n) is 6.04. The molecule has 0 aliphatic heterocycles. The second kappa shape index (κ2) is 4.83. The van der Waals surface area contributed by atoms with Gasteiger partial charge in [-0.15, -0.1) is 0 Å². The van der Waals surface area contributed by atoms with Crippen LogP contribution in [0.4, 0.5) is 11.5 Å². The van der Waals surface area contributed by atoms with E-state index in [1.807, 2.05) is 0 Å². The van der Waals surface area contributed by atoms with Gasteiger partial charge in [-0.1, -0.05) is 6.42 Å². The van der Waals surface area contributed by atoms with E-state index in [0.717, 1.165) is 12.8 Å². The summed E-state index contributed by atoms with van der Waals surface area (Å²) in [5.74, 6) is -1.05. The zero-order valence-electron chi connectivity index (χ0n) is 10.5. The molecule has 1 aliphatic carbocycles. The van der Waals surface area contributed by atoms with Crippen LogP contribution in [0.15, 0.2) is 18.3 Å². The number of nitrogens with one attached hydrogen (secondary N) is 1. The van der Waals surface area contributed by atoms with E-state index in [2.05, 4.69) is 10.3 Å². The van der Waals surface area contributed by atoms with E-state index in [1.165, 1.54) is 12.3 Å². The number of nitro groups is 1. The third kappa shape index (κ3) is 2.49. The minimum atomic E-state index is -0.822. The molecule has 1 saturated carbocycles. The van der Waals surface area contributed by atoms with Crippen LogP contribution in [0, 0.1) is 15.5 Å². The van der Waals surface area contributed by atoms with Crippen molar-refractivity contribution >= 4 is 17.5 Å². The lowest BCUT2D eigenvalue weighted by atomic mass is 9.85. The van der Waals surface area contributed by atoms with Gasteiger partial charge in [0.1, 0.15) is 0 Å². The number of aliphatic carboxylic acids is 1. The molecule has 1 heterocycles. The van der Waals surface area contributed by atoms with Gasteiger partial charge in [-0.2, -0.15) is 0 Å². The fourth-order valence-electron chi connectivity index (χ4n) is 2.43. The van der Waals surface area contributed by atoms with Crippen molar-refractivity contribution in [2.75, 3.05) is 5.32 Å². The van der Waals surface area contributed by atoms with Crippen molar-refractivity contribution in [1.82, 2.24) is 4.98 Å². The zero-order valence-corrected chi connectivity index (χ0v) is 10.5. The lowest BCUT2D eigenvalue weighted by Crippen LogP contribution is -2.40. The van der Waals surface area contributed by atoms with Gasteiger partial charge < -0.3 is 20.5 Å². The molecule has 7 nitrogen and oxygen atoms in total. The molecule has 0 aromatic carbocycles. The van der Waals surface area contributed by atoms with Crippen molar-refractivity contribution in [2.45, 2.75) is 32.2 Å². The molecular formula is C12H15N3O4. The number of carboxylic acids is 1. The Balaban J connectivity index is 2.12. The van der Waals surface area contributed by atoms with Crippen molar-refractivity contribution in [3.63, 3.8) is 0 Å². The summed E-state index contributed by atoms with van der Waals surface area (Å²) in [7, 11) is 0. The van der Waals surface area contributed by atoms with Crippen LogP contribution < -0.4 is 5.32 Å². The highest BCUT2D eigenvalue weighted by Crippen LogP contribution is 2.39. The molecule has 7 heteroatoms. The molecule has 0 bridgehead atoms. The highest BCUT2D eigenvalue weighted by molar-refractivity contribution is 5.76. The summed E-state index contributed by atoms with van der Waals surface area (Å²) in [5.41, 5.74) is -0.202. The van der Waals surface area contributed by atoms with Gasteiger partial charge in [-0.25, -0.2) is 0 Å². The van der Waals surface area contributed by atoms with Crippen LogP contribution in [0.2, 0.25) is 0 Å². The van der Waals surface area contributed by atoms with Gasteiger partial charge in [0.25, 0.3) is 0 Å². The number of carbonyl (C=O) groups is 1. The smallest absolute Gasteiger partial charge is 0.363 e. The molecule has 1 aliphatic rings. The van der Waals surface area contributed by atoms with Crippen LogP contribution in [0.1, 0.15) is 26.2 Å². The maximum absolute atomic E-state index is 11.3. The second-order valence-corrected chi connectivity index (χ2v) is 4.97. The van der Waals surface area contributed by atoms with Crippen LogP contribution in [0.5, 0.6) is 0 Å². The predicted molar refractivity (Wildman–Crippen MR) is 67.9 cm³/mol. The fourth-order valence-corrected chi connectivity index (χ4v) is 2.43. The molecule has 2 unspecified atom stereocenters. The van der Waals surface area contributed by atoms with E-state index in [4.69, 9.17) is 0 Å². The molecular weight excluding hydrogens is 250 g/mol. The van der Waals surface area contributed by atoms with Crippen LogP contribution in [-0.4, -0.2) is 27.0 Å². The Hall–Kier alpha value is -2.18. The lowest BCUT2D eigenvalue weighted by Gasteiger charge is -2.28. The molecule has 102 valence electrons. The van der Waals surface area contributed by atoms with E-state index >= 15 is 0 Å². The number of nitrogens with zero attached hydrogens (tertiary/aromatic N) is 2. The van der Waals surface area contributed by atoms with Gasteiger partial charge in [0.15, 0.2) is 6.20 Å². The molecule has 1 aromatic heterocycles. The number of anilines is 1. The van der Waals surface area contributed by atoms with E-state index in [1.54, 1.807) is 13.0 Å². The minimum Gasteiger partial charge on any atom is -0.481 e. The molecule has 1 fully saturated rings. The van der Waals surface area contributed by atoms with E-state index in [9.17, 15) is 20.0 Å². The third-order valence-electron chi connectivity index (χ3n) is 3.72. The molecule has 19 heavy (non-hydrogen) atoms. The lowest BCUT2D eigenvalue weighted by molar-refractivity contribution is -0.389. The summed E-state index contributed by atoms with van der Waals surface area (Å²) in [5, 5.41) is 22.9. The number of rotatable bonds is 4. The molecule has 2 rings (SSSR count). The van der Waals surface area contributed by atoms with Crippen molar-refractivity contribution in [3.8, 4) is 0 Å². The van der Waals surface area contributed by atoms with E-state index in [0.29, 0.717) is 12.1 Å². The number of carboxylic acid groups (broad SMARTS) is 1. The first-order valence-corrected chi connectivity index (χ1v) is 6.04. The largest absolute Gasteiger partial charge is 0.481 e. The van der Waals surface area contributed by atoms with E-state index < -0.39 is 16.3 Å². The number of hydrogen-bond donors (Lipinski definition) is 2. The number of pyridine rings is 1. The minimum absolute atomic E-state index is 0.187. The normalized spacial score (nSPS) is 26.1. The van der Waals surface area contributed by atoms with Crippen LogP contribution in [0.25, 0.3) is 0 Å². The van der Waals surface area contributed by atoms with Gasteiger partial charge >= 0.3 is 11.8 Å². The molecule has 2 N–H and O–H groups in total. The van der Waals surface area contributed by atoms with Crippen molar-refractivity contribution in [1.29, 1.82) is 0 Å². The van der Waals surface area contributed by atoms with Gasteiger partial charge in [0.05, 0.1) is 11.1 Å². The Kier molecular flexibility index (Phi) is 3.37. The maximum atomic E-state index is 11.3. The Bertz CT molecular complexity index is 502. The highest BCUT2D eigenvalue weighted by Gasteiger charge is 2.45. The van der Waals surface area contributed by atoms with Crippen LogP contribution in [-0.2, 0) is 4.79 Å². The van der Waals surface area contributed by atoms with Crippen molar-refractivity contribution in [3.05, 3.63) is 28.4 Å². The standard InChI is InChI=1S/C12H15N3O4/c1-12(11(16)17)6-2-3-9(12)14-8-4-5-10(13-7-8)15(18)19/h4-5,7,9,14H,2-3,6H2,1H3,(H,16,17). The van der Waals surface area contributed by atoms with Crippen LogP contribution >= 0.6 is 0 Å². The first-order chi connectivity index (χ1) is 8.93. The molecule has 0 saturated heterocycles.